The second-order valence-corrected chi connectivity index (χ2v) is 3.79. The number of carbonyl (C=O) groups excluding carboxylic acids is 1. The maximum Gasteiger partial charge on any atom is 0.239 e. The lowest BCUT2D eigenvalue weighted by molar-refractivity contribution is -0.113. The van der Waals surface area contributed by atoms with Crippen molar-refractivity contribution in [1.29, 1.82) is 0 Å². The molecule has 2 rings (SSSR count). The van der Waals surface area contributed by atoms with E-state index in [1.165, 1.54) is 12.4 Å². The van der Waals surface area contributed by atoms with E-state index < -0.39 is 0 Å². The summed E-state index contributed by atoms with van der Waals surface area (Å²) >= 11 is 5.37. The molecule has 2 N–H and O–H groups in total. The zero-order valence-corrected chi connectivity index (χ0v) is 10.1. The van der Waals surface area contributed by atoms with Crippen molar-refractivity contribution >= 4 is 23.2 Å². The largest absolute Gasteiger partial charge is 0.508 e. The van der Waals surface area contributed by atoms with Crippen molar-refractivity contribution in [1.82, 2.24) is 9.97 Å². The summed E-state index contributed by atoms with van der Waals surface area (Å²) in [5.74, 6) is 0.185. The Hall–Kier alpha value is -2.14. The number of aromatic hydroxyl groups is 1. The number of phenols is 1. The van der Waals surface area contributed by atoms with E-state index in [2.05, 4.69) is 15.3 Å². The summed E-state index contributed by atoms with van der Waals surface area (Å²) in [5, 5.41) is 11.9. The number of anilines is 1. The van der Waals surface area contributed by atoms with Crippen LogP contribution < -0.4 is 5.32 Å². The zero-order chi connectivity index (χ0) is 13.0. The minimum atomic E-state index is -0.314. The molecule has 0 saturated carbocycles. The van der Waals surface area contributed by atoms with Gasteiger partial charge in [0.1, 0.15) is 11.6 Å². The van der Waals surface area contributed by atoms with Gasteiger partial charge in [0.05, 0.1) is 18.1 Å². The van der Waals surface area contributed by atoms with Crippen LogP contribution in [0.2, 0.25) is 0 Å². The Balaban J connectivity index is 2.19. The number of amides is 1. The highest BCUT2D eigenvalue weighted by Crippen LogP contribution is 2.20. The fourth-order valence-electron chi connectivity index (χ4n) is 1.38. The fourth-order valence-corrected chi connectivity index (χ4v) is 1.45. The lowest BCUT2D eigenvalue weighted by Crippen LogP contribution is -2.12. The van der Waals surface area contributed by atoms with Crippen molar-refractivity contribution in [3.05, 3.63) is 36.7 Å². The van der Waals surface area contributed by atoms with E-state index in [1.54, 1.807) is 24.3 Å². The third kappa shape index (κ3) is 2.95. The van der Waals surface area contributed by atoms with Gasteiger partial charge in [0.2, 0.25) is 5.91 Å². The topological polar surface area (TPSA) is 75.1 Å². The minimum absolute atomic E-state index is 0.117. The number of hydrogen-bond acceptors (Lipinski definition) is 4. The summed E-state index contributed by atoms with van der Waals surface area (Å²) < 4.78 is 0. The Morgan fingerprint density at radius 2 is 2.06 bits per heavy atom. The SMILES string of the molecule is O=C(CCl)Nc1cnc(-c2cccc(O)c2)nc1. The highest BCUT2D eigenvalue weighted by molar-refractivity contribution is 6.29. The van der Waals surface area contributed by atoms with Crippen LogP contribution in [0.25, 0.3) is 11.4 Å². The number of alkyl halides is 1. The van der Waals surface area contributed by atoms with E-state index in [-0.39, 0.29) is 17.5 Å². The average Bonchev–Trinajstić information content (AvgIpc) is 2.39. The highest BCUT2D eigenvalue weighted by atomic mass is 35.5. The van der Waals surface area contributed by atoms with Crippen LogP contribution in [0.5, 0.6) is 5.75 Å². The van der Waals surface area contributed by atoms with Gasteiger partial charge in [-0.25, -0.2) is 9.97 Å². The van der Waals surface area contributed by atoms with Gasteiger partial charge in [0, 0.05) is 5.56 Å². The van der Waals surface area contributed by atoms with Crippen molar-refractivity contribution in [2.45, 2.75) is 0 Å². The quantitative estimate of drug-likeness (QED) is 0.831. The van der Waals surface area contributed by atoms with Crippen LogP contribution >= 0.6 is 11.6 Å². The van der Waals surface area contributed by atoms with Gasteiger partial charge in [-0.15, -0.1) is 11.6 Å². The average molecular weight is 264 g/mol. The summed E-state index contributed by atoms with van der Waals surface area (Å²) in [7, 11) is 0. The summed E-state index contributed by atoms with van der Waals surface area (Å²) in [6.07, 6.45) is 2.97. The molecule has 1 aromatic heterocycles. The van der Waals surface area contributed by atoms with Gasteiger partial charge in [0.15, 0.2) is 5.82 Å². The number of hydrogen-bond donors (Lipinski definition) is 2. The van der Waals surface area contributed by atoms with Gasteiger partial charge in [-0.1, -0.05) is 12.1 Å². The molecule has 0 bridgehead atoms. The lowest BCUT2D eigenvalue weighted by Gasteiger charge is -2.04. The number of aromatic nitrogens is 2. The van der Waals surface area contributed by atoms with E-state index in [4.69, 9.17) is 11.6 Å². The van der Waals surface area contributed by atoms with Gasteiger partial charge in [-0.2, -0.15) is 0 Å². The Morgan fingerprint density at radius 1 is 1.33 bits per heavy atom. The predicted molar refractivity (Wildman–Crippen MR) is 68.5 cm³/mol. The number of nitrogens with one attached hydrogen (secondary N) is 1. The third-order valence-corrected chi connectivity index (χ3v) is 2.40. The summed E-state index contributed by atoms with van der Waals surface area (Å²) in [4.78, 5) is 19.2. The molecular formula is C12H10ClN3O2. The molecule has 6 heteroatoms. The first-order valence-electron chi connectivity index (χ1n) is 5.16. The molecule has 0 atom stereocenters. The van der Waals surface area contributed by atoms with Crippen LogP contribution in [0.4, 0.5) is 5.69 Å². The molecule has 0 spiro atoms. The second-order valence-electron chi connectivity index (χ2n) is 3.53. The number of nitrogens with zero attached hydrogens (tertiary/aromatic N) is 2. The zero-order valence-electron chi connectivity index (χ0n) is 9.30. The molecule has 0 radical (unpaired) electrons. The molecule has 0 aliphatic carbocycles. The second kappa shape index (κ2) is 5.46. The van der Waals surface area contributed by atoms with Crippen LogP contribution in [0.3, 0.4) is 0 Å². The Morgan fingerprint density at radius 3 is 2.67 bits per heavy atom. The maximum absolute atomic E-state index is 11.0. The van der Waals surface area contributed by atoms with Crippen LogP contribution in [0, 0.1) is 0 Å². The van der Waals surface area contributed by atoms with E-state index >= 15 is 0 Å². The molecule has 0 fully saturated rings. The fraction of sp³-hybridized carbons (Fsp3) is 0.0833. The molecule has 0 aliphatic rings. The van der Waals surface area contributed by atoms with Crippen molar-refractivity contribution in [2.75, 3.05) is 11.2 Å². The minimum Gasteiger partial charge on any atom is -0.508 e. The van der Waals surface area contributed by atoms with Gasteiger partial charge >= 0.3 is 0 Å². The molecule has 0 unspecified atom stereocenters. The molecule has 92 valence electrons. The summed E-state index contributed by atoms with van der Waals surface area (Å²) in [6.45, 7) is 0. The number of rotatable bonds is 3. The molecular weight excluding hydrogens is 254 g/mol. The van der Waals surface area contributed by atoms with Crippen molar-refractivity contribution < 1.29 is 9.90 Å². The van der Waals surface area contributed by atoms with Crippen LogP contribution in [-0.2, 0) is 4.79 Å². The van der Waals surface area contributed by atoms with Gasteiger partial charge in [-0.3, -0.25) is 4.79 Å². The first-order valence-corrected chi connectivity index (χ1v) is 5.70. The molecule has 5 nitrogen and oxygen atoms in total. The number of carbonyl (C=O) groups is 1. The number of halogens is 1. The molecule has 0 aliphatic heterocycles. The highest BCUT2D eigenvalue weighted by Gasteiger charge is 2.04. The van der Waals surface area contributed by atoms with Crippen molar-refractivity contribution in [3.8, 4) is 17.1 Å². The van der Waals surface area contributed by atoms with E-state index in [0.717, 1.165) is 0 Å². The number of benzene rings is 1. The standard InChI is InChI=1S/C12H10ClN3O2/c13-5-11(18)16-9-6-14-12(15-7-9)8-2-1-3-10(17)4-8/h1-4,6-7,17H,5H2,(H,16,18). The van der Waals surface area contributed by atoms with E-state index in [1.807, 2.05) is 0 Å². The van der Waals surface area contributed by atoms with Crippen LogP contribution in [0.1, 0.15) is 0 Å². The number of phenolic OH excluding ortho intramolecular Hbond substituents is 1. The lowest BCUT2D eigenvalue weighted by atomic mass is 10.2. The molecule has 1 aromatic carbocycles. The van der Waals surface area contributed by atoms with Gasteiger partial charge in [-0.05, 0) is 12.1 Å². The van der Waals surface area contributed by atoms with E-state index in [0.29, 0.717) is 17.1 Å². The Kier molecular flexibility index (Phi) is 3.74. The van der Waals surface area contributed by atoms with Crippen LogP contribution in [0.15, 0.2) is 36.7 Å². The molecule has 18 heavy (non-hydrogen) atoms. The molecule has 0 saturated heterocycles. The summed E-state index contributed by atoms with van der Waals surface area (Å²) in [6, 6.07) is 6.62. The first kappa shape index (κ1) is 12.3. The molecule has 1 heterocycles. The normalized spacial score (nSPS) is 10.1. The van der Waals surface area contributed by atoms with E-state index in [9.17, 15) is 9.90 Å². The van der Waals surface area contributed by atoms with Crippen molar-refractivity contribution in [2.24, 2.45) is 0 Å². The predicted octanol–water partition coefficient (Wildman–Crippen LogP) is 2.03. The van der Waals surface area contributed by atoms with Crippen LogP contribution in [-0.4, -0.2) is 26.9 Å². The Labute approximate surface area is 108 Å². The first-order chi connectivity index (χ1) is 8.69. The summed E-state index contributed by atoms with van der Waals surface area (Å²) in [5.41, 5.74) is 1.18. The maximum atomic E-state index is 11.0. The third-order valence-electron chi connectivity index (χ3n) is 2.16. The smallest absolute Gasteiger partial charge is 0.239 e. The van der Waals surface area contributed by atoms with Gasteiger partial charge < -0.3 is 10.4 Å². The monoisotopic (exact) mass is 263 g/mol. The van der Waals surface area contributed by atoms with Gasteiger partial charge in [0.25, 0.3) is 0 Å². The molecule has 2 aromatic rings. The van der Waals surface area contributed by atoms with Crippen molar-refractivity contribution in [3.63, 3.8) is 0 Å². The Bertz CT molecular complexity index is 558. The molecule has 1 amide bonds.